The molecule has 0 spiro atoms. The summed E-state index contributed by atoms with van der Waals surface area (Å²) < 4.78 is 10.7. The molecule has 0 radical (unpaired) electrons. The van der Waals surface area contributed by atoms with Gasteiger partial charge in [0.15, 0.2) is 6.10 Å². The van der Waals surface area contributed by atoms with Crippen LogP contribution in [0.25, 0.3) is 0 Å². The molecule has 0 amide bonds. The van der Waals surface area contributed by atoms with Gasteiger partial charge in [0.25, 0.3) is 0 Å². The summed E-state index contributed by atoms with van der Waals surface area (Å²) in [4.78, 5) is 24.6. The molecule has 5 nitrogen and oxygen atoms in total. The minimum absolute atomic E-state index is 0.0895. The molecule has 0 aliphatic rings. The fourth-order valence-corrected chi connectivity index (χ4v) is 8.86. The largest absolute Gasteiger partial charge is 0.462 e. The molecule has 442 valence electrons. The Labute approximate surface area is 482 Å². The van der Waals surface area contributed by atoms with E-state index in [1.807, 2.05) is 0 Å². The van der Waals surface area contributed by atoms with Gasteiger partial charge in [-0.3, -0.25) is 9.59 Å². The van der Waals surface area contributed by atoms with Crippen LogP contribution < -0.4 is 0 Å². The van der Waals surface area contributed by atoms with Crippen molar-refractivity contribution in [1.82, 2.24) is 0 Å². The van der Waals surface area contributed by atoms with E-state index in [-0.39, 0.29) is 25.2 Å². The van der Waals surface area contributed by atoms with E-state index in [2.05, 4.69) is 160 Å². The lowest BCUT2D eigenvalue weighted by molar-refractivity contribution is -0.161. The van der Waals surface area contributed by atoms with E-state index < -0.39 is 6.10 Å². The Morgan fingerprint density at radius 1 is 0.295 bits per heavy atom. The van der Waals surface area contributed by atoms with Gasteiger partial charge in [-0.15, -0.1) is 0 Å². The zero-order valence-electron chi connectivity index (χ0n) is 50.6. The molecular formula is C73H120O5. The van der Waals surface area contributed by atoms with Crippen molar-refractivity contribution in [3.05, 3.63) is 146 Å². The van der Waals surface area contributed by atoms with Gasteiger partial charge in [0.1, 0.15) is 6.61 Å². The van der Waals surface area contributed by atoms with Crippen molar-refractivity contribution < 1.29 is 24.2 Å². The van der Waals surface area contributed by atoms with E-state index in [0.29, 0.717) is 12.8 Å². The van der Waals surface area contributed by atoms with Gasteiger partial charge in [0.05, 0.1) is 6.61 Å². The predicted molar refractivity (Wildman–Crippen MR) is 343 cm³/mol. The van der Waals surface area contributed by atoms with E-state index in [0.717, 1.165) is 116 Å². The third kappa shape index (κ3) is 64.3. The number of allylic oxidation sites excluding steroid dienone is 24. The molecule has 0 bridgehead atoms. The lowest BCUT2D eigenvalue weighted by atomic mass is 10.0. The summed E-state index contributed by atoms with van der Waals surface area (Å²) in [5.41, 5.74) is 0. The first-order valence-electron chi connectivity index (χ1n) is 32.4. The minimum atomic E-state index is -0.805. The van der Waals surface area contributed by atoms with Crippen LogP contribution >= 0.6 is 0 Å². The van der Waals surface area contributed by atoms with Crippen LogP contribution in [-0.4, -0.2) is 36.4 Å². The number of hydrogen-bond acceptors (Lipinski definition) is 5. The first-order valence-corrected chi connectivity index (χ1v) is 32.4. The van der Waals surface area contributed by atoms with Crippen LogP contribution in [0.4, 0.5) is 0 Å². The molecule has 0 heterocycles. The number of esters is 2. The Kier molecular flexibility index (Phi) is 63.4. The van der Waals surface area contributed by atoms with Crippen molar-refractivity contribution in [1.29, 1.82) is 0 Å². The summed E-state index contributed by atoms with van der Waals surface area (Å²) in [5.74, 6) is -0.641. The maximum atomic E-state index is 12.3. The second-order valence-corrected chi connectivity index (χ2v) is 21.1. The summed E-state index contributed by atoms with van der Waals surface area (Å²) in [6.45, 7) is 3.89. The van der Waals surface area contributed by atoms with Gasteiger partial charge < -0.3 is 14.6 Å². The summed E-state index contributed by atoms with van der Waals surface area (Å²) in [7, 11) is 0. The molecule has 1 atom stereocenters. The molecule has 5 heteroatoms. The number of unbranched alkanes of at least 4 members (excludes halogenated alkanes) is 26. The smallest absolute Gasteiger partial charge is 0.306 e. The van der Waals surface area contributed by atoms with Crippen molar-refractivity contribution in [3.8, 4) is 0 Å². The van der Waals surface area contributed by atoms with Gasteiger partial charge in [-0.2, -0.15) is 0 Å². The number of aliphatic hydroxyl groups is 1. The third-order valence-electron chi connectivity index (χ3n) is 13.6. The van der Waals surface area contributed by atoms with Crippen LogP contribution in [-0.2, 0) is 19.1 Å². The monoisotopic (exact) mass is 1080 g/mol. The molecule has 0 aromatic rings. The average Bonchev–Trinajstić information content (AvgIpc) is 3.44. The molecule has 1 N–H and O–H groups in total. The summed E-state index contributed by atoms with van der Waals surface area (Å²) in [6.07, 6.45) is 101. The second-order valence-electron chi connectivity index (χ2n) is 21.1. The van der Waals surface area contributed by atoms with E-state index in [4.69, 9.17) is 9.47 Å². The quantitative estimate of drug-likeness (QED) is 0.0373. The molecular weight excluding hydrogens is 957 g/mol. The highest BCUT2D eigenvalue weighted by Crippen LogP contribution is 2.17. The van der Waals surface area contributed by atoms with Gasteiger partial charge >= 0.3 is 11.9 Å². The number of ether oxygens (including phenoxy) is 2. The number of aliphatic hydroxyl groups excluding tert-OH is 1. The molecule has 0 saturated carbocycles. The van der Waals surface area contributed by atoms with E-state index in [1.54, 1.807) is 0 Å². The Morgan fingerprint density at radius 3 is 0.795 bits per heavy atom. The van der Waals surface area contributed by atoms with Gasteiger partial charge in [-0.1, -0.05) is 301 Å². The molecule has 0 fully saturated rings. The highest BCUT2D eigenvalue weighted by atomic mass is 16.6. The normalized spacial score (nSPS) is 13.2. The highest BCUT2D eigenvalue weighted by molar-refractivity contribution is 5.70. The van der Waals surface area contributed by atoms with Crippen molar-refractivity contribution >= 4 is 11.9 Å². The van der Waals surface area contributed by atoms with E-state index in [9.17, 15) is 14.7 Å². The molecule has 0 aromatic heterocycles. The molecule has 0 aliphatic heterocycles. The van der Waals surface area contributed by atoms with Gasteiger partial charge in [0, 0.05) is 12.8 Å². The fraction of sp³-hybridized carbons (Fsp3) is 0.644. The van der Waals surface area contributed by atoms with Crippen molar-refractivity contribution in [3.63, 3.8) is 0 Å². The van der Waals surface area contributed by atoms with Crippen molar-refractivity contribution in [2.24, 2.45) is 0 Å². The first-order chi connectivity index (χ1) is 38.6. The van der Waals surface area contributed by atoms with Crippen LogP contribution in [0, 0.1) is 0 Å². The van der Waals surface area contributed by atoms with Crippen molar-refractivity contribution in [2.75, 3.05) is 13.2 Å². The third-order valence-corrected chi connectivity index (χ3v) is 13.6. The van der Waals surface area contributed by atoms with Crippen LogP contribution in [0.2, 0.25) is 0 Å². The van der Waals surface area contributed by atoms with Gasteiger partial charge in [-0.25, -0.2) is 0 Å². The van der Waals surface area contributed by atoms with Crippen LogP contribution in [0.15, 0.2) is 146 Å². The van der Waals surface area contributed by atoms with Crippen LogP contribution in [0.3, 0.4) is 0 Å². The molecule has 0 aliphatic carbocycles. The topological polar surface area (TPSA) is 72.8 Å². The molecule has 0 aromatic carbocycles. The second kappa shape index (κ2) is 67.1. The van der Waals surface area contributed by atoms with Crippen LogP contribution in [0.1, 0.15) is 284 Å². The number of hydrogen-bond donors (Lipinski definition) is 1. The predicted octanol–water partition coefficient (Wildman–Crippen LogP) is 22.5. The van der Waals surface area contributed by atoms with E-state index in [1.165, 1.54) is 141 Å². The Hall–Kier alpha value is -4.22. The maximum absolute atomic E-state index is 12.3. The zero-order valence-corrected chi connectivity index (χ0v) is 50.6. The standard InChI is InChI=1S/C73H120O5/c1-3-5-7-9-11-13-15-17-19-21-23-25-27-29-31-32-33-34-35-36-37-38-39-40-42-43-45-47-49-51-53-55-57-59-61-63-65-67-72(75)77-70-71(69-74)78-73(76)68-66-64-62-60-58-56-54-52-50-48-46-44-41-30-28-26-24-22-20-18-16-14-12-10-8-6-4-2/h5-8,11-14,17-20,23-26,30,41,46,48,52,54,58,60,71,74H,3-4,9-10,15-16,21-22,27-29,31-40,42-45,47,49-51,53,55-57,59,61-70H2,1-2H3/b7-5-,8-6-,13-11-,14-12-,19-17-,20-18-,25-23-,26-24-,41-30-,48-46-,54-52-,60-58-. The summed E-state index contributed by atoms with van der Waals surface area (Å²) >= 11 is 0. The van der Waals surface area contributed by atoms with Gasteiger partial charge in [-0.05, 0) is 116 Å². The number of carbonyl (C=O) groups excluding carboxylic acids is 2. The highest BCUT2D eigenvalue weighted by Gasteiger charge is 2.16. The molecule has 0 rings (SSSR count). The van der Waals surface area contributed by atoms with Crippen LogP contribution in [0.5, 0.6) is 0 Å². The Morgan fingerprint density at radius 2 is 0.513 bits per heavy atom. The van der Waals surface area contributed by atoms with Crippen molar-refractivity contribution in [2.45, 2.75) is 290 Å². The average molecular weight is 1080 g/mol. The number of carbonyl (C=O) groups is 2. The molecule has 1 unspecified atom stereocenters. The number of rotatable bonds is 58. The summed E-state index contributed by atoms with van der Waals surface area (Å²) in [5, 5.41) is 9.67. The Balaban J connectivity index is 3.52. The fourth-order valence-electron chi connectivity index (χ4n) is 8.86. The Bertz CT molecular complexity index is 1650. The lowest BCUT2D eigenvalue weighted by Crippen LogP contribution is -2.28. The first kappa shape index (κ1) is 73.8. The summed E-state index contributed by atoms with van der Waals surface area (Å²) in [6, 6.07) is 0. The molecule has 0 saturated heterocycles. The SMILES string of the molecule is CC/C=C\C/C=C\C/C=C\C/C=C\C/C=C\C/C=C\C/C=C\C/C=C\CCCCC(=O)OC(CO)COC(=O)CCCCCCCCCCCCCCCCCCCCCCCCCC/C=C\C/C=C\C/C=C\C/C=C\CC. The minimum Gasteiger partial charge on any atom is -0.462 e. The van der Waals surface area contributed by atoms with E-state index >= 15 is 0 Å². The van der Waals surface area contributed by atoms with Gasteiger partial charge in [0.2, 0.25) is 0 Å². The lowest BCUT2D eigenvalue weighted by Gasteiger charge is -2.15. The molecule has 78 heavy (non-hydrogen) atoms. The zero-order chi connectivity index (χ0) is 56.2. The maximum Gasteiger partial charge on any atom is 0.306 e.